The van der Waals surface area contributed by atoms with Crippen molar-refractivity contribution in [2.24, 2.45) is 11.7 Å². The molecule has 6 heteroatoms. The van der Waals surface area contributed by atoms with E-state index < -0.39 is 12.0 Å². The normalized spacial score (nSPS) is 16.0. The van der Waals surface area contributed by atoms with Crippen LogP contribution in [0.1, 0.15) is 54.3 Å². The van der Waals surface area contributed by atoms with E-state index in [4.69, 9.17) is 15.2 Å². The Morgan fingerprint density at radius 3 is 2.48 bits per heavy atom. The first-order valence-electron chi connectivity index (χ1n) is 10.9. The van der Waals surface area contributed by atoms with Crippen molar-refractivity contribution >= 4 is 5.91 Å². The van der Waals surface area contributed by atoms with E-state index in [-0.39, 0.29) is 18.2 Å². The number of β-amino-alcohol motifs (C(OH)–C–C–N with tert-alkyl or cyclic N) is 1. The third-order valence-corrected chi connectivity index (χ3v) is 5.66. The number of hydrogen-bond donors (Lipinski definition) is 3. The zero-order chi connectivity index (χ0) is 22.4. The highest BCUT2D eigenvalue weighted by Gasteiger charge is 2.35. The van der Waals surface area contributed by atoms with E-state index in [0.717, 1.165) is 36.1 Å². The lowest BCUT2D eigenvalue weighted by atomic mass is 9.94. The van der Waals surface area contributed by atoms with Crippen molar-refractivity contribution in [2.45, 2.75) is 50.9 Å². The average molecular weight is 427 g/mol. The van der Waals surface area contributed by atoms with Gasteiger partial charge >= 0.3 is 0 Å². The number of nitrogens with one attached hydrogen (secondary N) is 1. The van der Waals surface area contributed by atoms with E-state index in [1.54, 1.807) is 19.2 Å². The number of benzene rings is 2. The van der Waals surface area contributed by atoms with Gasteiger partial charge in [0, 0.05) is 23.2 Å². The van der Waals surface area contributed by atoms with Crippen LogP contribution in [0.15, 0.2) is 48.5 Å². The molecule has 168 valence electrons. The molecule has 3 rings (SSSR count). The number of hydrogen-bond acceptors (Lipinski definition) is 5. The summed E-state index contributed by atoms with van der Waals surface area (Å²) < 4.78 is 11.7. The number of rotatable bonds is 12. The molecule has 0 unspecified atom stereocenters. The third kappa shape index (κ3) is 6.79. The molecule has 1 aliphatic rings. The van der Waals surface area contributed by atoms with Gasteiger partial charge in [-0.05, 0) is 62.8 Å². The van der Waals surface area contributed by atoms with Gasteiger partial charge in [0.15, 0.2) is 0 Å². The molecule has 0 spiro atoms. The molecule has 0 aliphatic heterocycles. The van der Waals surface area contributed by atoms with Crippen molar-refractivity contribution in [3.63, 3.8) is 0 Å². The van der Waals surface area contributed by atoms with Crippen LogP contribution in [0.5, 0.6) is 5.75 Å². The summed E-state index contributed by atoms with van der Waals surface area (Å²) in [5, 5.41) is 14.0. The van der Waals surface area contributed by atoms with Crippen LogP contribution in [0.25, 0.3) is 0 Å². The number of para-hydroxylation sites is 1. The molecule has 6 nitrogen and oxygen atoms in total. The van der Waals surface area contributed by atoms with E-state index in [2.05, 4.69) is 19.2 Å². The van der Waals surface area contributed by atoms with Crippen LogP contribution in [-0.4, -0.2) is 42.9 Å². The molecule has 1 aliphatic carbocycles. The monoisotopic (exact) mass is 426 g/mol. The van der Waals surface area contributed by atoms with Crippen LogP contribution in [0, 0.1) is 5.92 Å². The molecular formula is C25H34N2O4. The zero-order valence-electron chi connectivity index (χ0n) is 18.6. The van der Waals surface area contributed by atoms with Crippen molar-refractivity contribution in [1.82, 2.24) is 5.32 Å². The smallest absolute Gasteiger partial charge is 0.248 e. The molecule has 4 N–H and O–H groups in total. The minimum atomic E-state index is -0.618. The predicted octanol–water partition coefficient (Wildman–Crippen LogP) is 3.23. The molecule has 0 radical (unpaired) electrons. The maximum Gasteiger partial charge on any atom is 0.248 e. The lowest BCUT2D eigenvalue weighted by molar-refractivity contribution is -0.0219. The van der Waals surface area contributed by atoms with E-state index in [0.29, 0.717) is 18.0 Å². The Bertz CT molecular complexity index is 862. The van der Waals surface area contributed by atoms with Gasteiger partial charge in [0.2, 0.25) is 5.91 Å². The molecule has 0 saturated heterocycles. The standard InChI is InChI=1S/C25H34N2O4/c1-25(2,14-17-8-10-19(11-9-17)24(26)29)27-15-20(28)16-31-23(18-12-13-18)21-6-4-5-7-22(21)30-3/h4-11,18,20,23,27-28H,12-16H2,1-3H3,(H2,26,29)/t20-,23-/m1/s1. The van der Waals surface area contributed by atoms with E-state index in [1.807, 2.05) is 36.4 Å². The Morgan fingerprint density at radius 1 is 1.19 bits per heavy atom. The van der Waals surface area contributed by atoms with Gasteiger partial charge in [0.05, 0.1) is 25.9 Å². The number of aliphatic hydroxyl groups excluding tert-OH is 1. The van der Waals surface area contributed by atoms with Crippen LogP contribution in [0.2, 0.25) is 0 Å². The van der Waals surface area contributed by atoms with Gasteiger partial charge in [-0.15, -0.1) is 0 Å². The highest BCUT2D eigenvalue weighted by molar-refractivity contribution is 5.92. The van der Waals surface area contributed by atoms with Crippen LogP contribution in [0.3, 0.4) is 0 Å². The Labute approximate surface area is 184 Å². The topological polar surface area (TPSA) is 93.8 Å². The summed E-state index contributed by atoms with van der Waals surface area (Å²) in [5.41, 5.74) is 7.72. The summed E-state index contributed by atoms with van der Waals surface area (Å²) in [6.45, 7) is 4.86. The lowest BCUT2D eigenvalue weighted by Gasteiger charge is -2.29. The number of carbonyl (C=O) groups excluding carboxylic acids is 1. The van der Waals surface area contributed by atoms with Crippen LogP contribution < -0.4 is 15.8 Å². The number of methoxy groups -OCH3 is 1. The molecule has 0 aromatic heterocycles. The van der Waals surface area contributed by atoms with E-state index in [1.165, 1.54) is 0 Å². The first kappa shape index (κ1) is 23.3. The molecule has 1 fully saturated rings. The van der Waals surface area contributed by atoms with Gasteiger partial charge in [-0.2, -0.15) is 0 Å². The average Bonchev–Trinajstić information content (AvgIpc) is 3.58. The molecule has 31 heavy (non-hydrogen) atoms. The van der Waals surface area contributed by atoms with Gasteiger partial charge in [0.1, 0.15) is 5.75 Å². The fourth-order valence-corrected chi connectivity index (χ4v) is 3.81. The summed E-state index contributed by atoms with van der Waals surface area (Å²) in [7, 11) is 1.67. The highest BCUT2D eigenvalue weighted by atomic mass is 16.5. The summed E-state index contributed by atoms with van der Waals surface area (Å²) in [6, 6.07) is 15.2. The quantitative estimate of drug-likeness (QED) is 0.484. The van der Waals surface area contributed by atoms with Crippen LogP contribution >= 0.6 is 0 Å². The second-order valence-corrected chi connectivity index (χ2v) is 8.99. The van der Waals surface area contributed by atoms with Crippen LogP contribution in [-0.2, 0) is 11.2 Å². The van der Waals surface area contributed by atoms with Gasteiger partial charge < -0.3 is 25.6 Å². The minimum Gasteiger partial charge on any atom is -0.496 e. The number of amides is 1. The minimum absolute atomic E-state index is 0.0532. The van der Waals surface area contributed by atoms with Crippen molar-refractivity contribution in [2.75, 3.05) is 20.3 Å². The summed E-state index contributed by atoms with van der Waals surface area (Å²) in [4.78, 5) is 11.2. The lowest BCUT2D eigenvalue weighted by Crippen LogP contribution is -2.46. The molecular weight excluding hydrogens is 392 g/mol. The van der Waals surface area contributed by atoms with Crippen LogP contribution in [0.4, 0.5) is 0 Å². The Balaban J connectivity index is 1.50. The maximum absolute atomic E-state index is 11.2. The summed E-state index contributed by atoms with van der Waals surface area (Å²) in [6.07, 6.45) is 2.36. The number of carbonyl (C=O) groups is 1. The summed E-state index contributed by atoms with van der Waals surface area (Å²) >= 11 is 0. The fraction of sp³-hybridized carbons (Fsp3) is 0.480. The molecule has 1 amide bonds. The number of ether oxygens (including phenoxy) is 2. The molecule has 2 atom stereocenters. The fourth-order valence-electron chi connectivity index (χ4n) is 3.81. The molecule has 2 aromatic rings. The molecule has 1 saturated carbocycles. The van der Waals surface area contributed by atoms with Crippen molar-refractivity contribution in [1.29, 1.82) is 0 Å². The predicted molar refractivity (Wildman–Crippen MR) is 121 cm³/mol. The first-order valence-corrected chi connectivity index (χ1v) is 10.9. The molecule has 2 aromatic carbocycles. The highest BCUT2D eigenvalue weighted by Crippen LogP contribution is 2.45. The van der Waals surface area contributed by atoms with Gasteiger partial charge in [0.25, 0.3) is 0 Å². The largest absolute Gasteiger partial charge is 0.496 e. The number of nitrogens with two attached hydrogens (primary N) is 1. The Morgan fingerprint density at radius 2 is 1.87 bits per heavy atom. The number of primary amides is 1. The zero-order valence-corrected chi connectivity index (χ0v) is 18.6. The third-order valence-electron chi connectivity index (χ3n) is 5.66. The Kier molecular flexibility index (Phi) is 7.70. The van der Waals surface area contributed by atoms with E-state index >= 15 is 0 Å². The second kappa shape index (κ2) is 10.3. The van der Waals surface area contributed by atoms with Gasteiger partial charge in [-0.1, -0.05) is 30.3 Å². The first-order chi connectivity index (χ1) is 14.8. The molecule has 0 heterocycles. The van der Waals surface area contributed by atoms with Crippen molar-refractivity contribution in [3.8, 4) is 5.75 Å². The second-order valence-electron chi connectivity index (χ2n) is 8.99. The SMILES string of the molecule is COc1ccccc1[C@H](OC[C@H](O)CNC(C)(C)Cc1ccc(C(N)=O)cc1)C1CC1. The maximum atomic E-state index is 11.2. The van der Waals surface area contributed by atoms with Gasteiger partial charge in [-0.3, -0.25) is 4.79 Å². The van der Waals surface area contributed by atoms with Crippen molar-refractivity contribution in [3.05, 3.63) is 65.2 Å². The Hall–Kier alpha value is -2.41. The van der Waals surface area contributed by atoms with Crippen molar-refractivity contribution < 1.29 is 19.4 Å². The number of aliphatic hydroxyl groups is 1. The van der Waals surface area contributed by atoms with E-state index in [9.17, 15) is 9.90 Å². The van der Waals surface area contributed by atoms with Gasteiger partial charge in [-0.25, -0.2) is 0 Å². The summed E-state index contributed by atoms with van der Waals surface area (Å²) in [5.74, 6) is 0.886. The molecule has 0 bridgehead atoms.